The molecule has 2 heteroatoms. The summed E-state index contributed by atoms with van der Waals surface area (Å²) in [7, 11) is 0. The number of fused-ring (bicyclic) bond motifs is 3. The SMILES string of the molecule is O=C1Nc2ccccc2-c2ccccc2C1C1CCCCC1. The fourth-order valence-electron chi connectivity index (χ4n) is 4.13. The molecule has 1 amide bonds. The Balaban J connectivity index is 1.86. The van der Waals surface area contributed by atoms with Crippen molar-refractivity contribution in [3.8, 4) is 11.1 Å². The molecule has 4 rings (SSSR count). The van der Waals surface area contributed by atoms with Gasteiger partial charge in [0.05, 0.1) is 5.92 Å². The Hall–Kier alpha value is -2.09. The minimum absolute atomic E-state index is 0.0103. The highest BCUT2D eigenvalue weighted by Gasteiger charge is 2.34. The third-order valence-electron chi connectivity index (χ3n) is 5.17. The van der Waals surface area contributed by atoms with E-state index in [2.05, 4.69) is 35.6 Å². The number of nitrogens with one attached hydrogen (secondary N) is 1. The van der Waals surface area contributed by atoms with Crippen LogP contribution in [-0.4, -0.2) is 5.91 Å². The van der Waals surface area contributed by atoms with Crippen molar-refractivity contribution in [1.82, 2.24) is 0 Å². The predicted octanol–water partition coefficient (Wildman–Crippen LogP) is 4.97. The summed E-state index contributed by atoms with van der Waals surface area (Å²) in [6, 6.07) is 16.6. The van der Waals surface area contributed by atoms with Crippen molar-refractivity contribution < 1.29 is 4.79 Å². The van der Waals surface area contributed by atoms with Gasteiger partial charge in [-0.05, 0) is 36.0 Å². The Bertz CT molecular complexity index is 700. The lowest BCUT2D eigenvalue weighted by molar-refractivity contribution is -0.119. The first-order valence-electron chi connectivity index (χ1n) is 8.34. The first-order valence-corrected chi connectivity index (χ1v) is 8.34. The van der Waals surface area contributed by atoms with Crippen LogP contribution in [-0.2, 0) is 4.79 Å². The lowest BCUT2D eigenvalue weighted by Crippen LogP contribution is -2.28. The zero-order valence-electron chi connectivity index (χ0n) is 12.7. The van der Waals surface area contributed by atoms with Crippen LogP contribution in [0, 0.1) is 5.92 Å². The van der Waals surface area contributed by atoms with E-state index in [0.717, 1.165) is 11.3 Å². The molecule has 112 valence electrons. The third kappa shape index (κ3) is 2.23. The van der Waals surface area contributed by atoms with Crippen molar-refractivity contribution in [3.63, 3.8) is 0 Å². The van der Waals surface area contributed by atoms with Gasteiger partial charge in [-0.3, -0.25) is 4.79 Å². The molecule has 1 aliphatic heterocycles. The second-order valence-electron chi connectivity index (χ2n) is 6.50. The number of rotatable bonds is 1. The average Bonchev–Trinajstić information content (AvgIpc) is 2.69. The minimum atomic E-state index is -0.0103. The second-order valence-corrected chi connectivity index (χ2v) is 6.50. The van der Waals surface area contributed by atoms with Gasteiger partial charge in [0.2, 0.25) is 5.91 Å². The first kappa shape index (κ1) is 13.6. The van der Waals surface area contributed by atoms with Crippen LogP contribution in [0.4, 0.5) is 5.69 Å². The van der Waals surface area contributed by atoms with E-state index >= 15 is 0 Å². The van der Waals surface area contributed by atoms with E-state index in [1.54, 1.807) is 0 Å². The number of benzene rings is 2. The van der Waals surface area contributed by atoms with Crippen LogP contribution in [0.25, 0.3) is 11.1 Å². The topological polar surface area (TPSA) is 29.1 Å². The molecular formula is C20H21NO. The molecule has 22 heavy (non-hydrogen) atoms. The normalized spacial score (nSPS) is 21.5. The molecule has 1 aliphatic carbocycles. The number of carbonyl (C=O) groups is 1. The van der Waals surface area contributed by atoms with Gasteiger partial charge in [0.1, 0.15) is 0 Å². The van der Waals surface area contributed by atoms with Gasteiger partial charge >= 0.3 is 0 Å². The highest BCUT2D eigenvalue weighted by molar-refractivity contribution is 6.03. The number of carbonyl (C=O) groups excluding carboxylic acids is 1. The molecule has 2 aromatic rings. The van der Waals surface area contributed by atoms with Crippen LogP contribution in [0.3, 0.4) is 0 Å². The summed E-state index contributed by atoms with van der Waals surface area (Å²) in [5, 5.41) is 3.18. The van der Waals surface area contributed by atoms with E-state index in [0.29, 0.717) is 5.92 Å². The van der Waals surface area contributed by atoms with Crippen molar-refractivity contribution in [1.29, 1.82) is 0 Å². The summed E-state index contributed by atoms with van der Waals surface area (Å²) >= 11 is 0. The summed E-state index contributed by atoms with van der Waals surface area (Å²) in [6.45, 7) is 0. The molecule has 0 aromatic heterocycles. The molecule has 0 radical (unpaired) electrons. The Morgan fingerprint density at radius 3 is 2.32 bits per heavy atom. The number of hydrogen-bond acceptors (Lipinski definition) is 1. The van der Waals surface area contributed by atoms with Gasteiger partial charge < -0.3 is 5.32 Å². The number of hydrogen-bond donors (Lipinski definition) is 1. The summed E-state index contributed by atoms with van der Waals surface area (Å²) in [5.74, 6) is 0.636. The monoisotopic (exact) mass is 291 g/mol. The maximum atomic E-state index is 12.9. The third-order valence-corrected chi connectivity index (χ3v) is 5.17. The fourth-order valence-corrected chi connectivity index (χ4v) is 4.13. The highest BCUT2D eigenvalue weighted by atomic mass is 16.1. The lowest BCUT2D eigenvalue weighted by Gasteiger charge is -2.29. The number of amides is 1. The van der Waals surface area contributed by atoms with Crippen molar-refractivity contribution in [2.45, 2.75) is 38.0 Å². The van der Waals surface area contributed by atoms with Gasteiger partial charge in [-0.25, -0.2) is 0 Å². The van der Waals surface area contributed by atoms with Gasteiger partial charge in [0.25, 0.3) is 0 Å². The Labute approximate surface area is 131 Å². The van der Waals surface area contributed by atoms with Crippen molar-refractivity contribution in [2.75, 3.05) is 5.32 Å². The molecule has 1 N–H and O–H groups in total. The van der Waals surface area contributed by atoms with Crippen molar-refractivity contribution in [2.24, 2.45) is 5.92 Å². The Kier molecular flexibility index (Phi) is 3.45. The molecule has 1 unspecified atom stereocenters. The van der Waals surface area contributed by atoms with Crippen LogP contribution in [0.2, 0.25) is 0 Å². The molecule has 0 spiro atoms. The van der Waals surface area contributed by atoms with Crippen LogP contribution >= 0.6 is 0 Å². The Morgan fingerprint density at radius 2 is 1.50 bits per heavy atom. The van der Waals surface area contributed by atoms with Crippen molar-refractivity contribution >= 4 is 11.6 Å². The molecule has 1 fully saturated rings. The van der Waals surface area contributed by atoms with E-state index in [9.17, 15) is 4.79 Å². The first-order chi connectivity index (χ1) is 10.8. The summed E-state index contributed by atoms with van der Waals surface area (Å²) < 4.78 is 0. The molecular weight excluding hydrogens is 270 g/mol. The molecule has 2 aromatic carbocycles. The fraction of sp³-hybridized carbons (Fsp3) is 0.350. The lowest BCUT2D eigenvalue weighted by atomic mass is 9.75. The maximum absolute atomic E-state index is 12.9. The summed E-state index contributed by atoms with van der Waals surface area (Å²) in [4.78, 5) is 12.9. The van der Waals surface area contributed by atoms with Crippen molar-refractivity contribution in [3.05, 3.63) is 54.1 Å². The van der Waals surface area contributed by atoms with Crippen LogP contribution in [0.1, 0.15) is 43.6 Å². The van der Waals surface area contributed by atoms with Crippen LogP contribution in [0.5, 0.6) is 0 Å². The number of anilines is 1. The largest absolute Gasteiger partial charge is 0.325 e. The molecule has 2 nitrogen and oxygen atoms in total. The molecule has 0 saturated heterocycles. The molecule has 1 saturated carbocycles. The average molecular weight is 291 g/mol. The molecule has 1 heterocycles. The van der Waals surface area contributed by atoms with Gasteiger partial charge in [-0.1, -0.05) is 61.7 Å². The van der Waals surface area contributed by atoms with E-state index in [1.165, 1.54) is 43.2 Å². The molecule has 0 bridgehead atoms. The van der Waals surface area contributed by atoms with Gasteiger partial charge in [-0.15, -0.1) is 0 Å². The quantitative estimate of drug-likeness (QED) is 0.789. The standard InChI is InChI=1S/C20H21NO/c22-20-19(14-8-2-1-3-9-14)17-12-5-4-10-15(17)16-11-6-7-13-18(16)21-20/h4-7,10-14,19H,1-3,8-9H2,(H,21,22). The maximum Gasteiger partial charge on any atom is 0.232 e. The van der Waals surface area contributed by atoms with E-state index < -0.39 is 0 Å². The van der Waals surface area contributed by atoms with Gasteiger partial charge in [-0.2, -0.15) is 0 Å². The predicted molar refractivity (Wildman–Crippen MR) is 89.8 cm³/mol. The van der Waals surface area contributed by atoms with Gasteiger partial charge in [0.15, 0.2) is 0 Å². The number of para-hydroxylation sites is 1. The second kappa shape index (κ2) is 5.60. The molecule has 2 aliphatic rings. The zero-order chi connectivity index (χ0) is 14.9. The highest BCUT2D eigenvalue weighted by Crippen LogP contribution is 2.44. The Morgan fingerprint density at radius 1 is 0.818 bits per heavy atom. The summed E-state index contributed by atoms with van der Waals surface area (Å²) in [5.41, 5.74) is 4.51. The zero-order valence-corrected chi connectivity index (χ0v) is 12.7. The van der Waals surface area contributed by atoms with Crippen LogP contribution < -0.4 is 5.32 Å². The van der Waals surface area contributed by atoms with E-state index in [-0.39, 0.29) is 11.8 Å². The minimum Gasteiger partial charge on any atom is -0.325 e. The van der Waals surface area contributed by atoms with E-state index in [4.69, 9.17) is 0 Å². The van der Waals surface area contributed by atoms with E-state index in [1.807, 2.05) is 18.2 Å². The smallest absolute Gasteiger partial charge is 0.232 e. The molecule has 1 atom stereocenters. The van der Waals surface area contributed by atoms with Gasteiger partial charge in [0, 0.05) is 11.3 Å². The van der Waals surface area contributed by atoms with Crippen LogP contribution in [0.15, 0.2) is 48.5 Å². The summed E-state index contributed by atoms with van der Waals surface area (Å²) in [6.07, 6.45) is 6.16.